The maximum absolute atomic E-state index is 8.51. The summed E-state index contributed by atoms with van der Waals surface area (Å²) >= 11 is 0. The molecule has 0 unspecified atom stereocenters. The first-order valence-electron chi connectivity index (χ1n) is 3.85. The van der Waals surface area contributed by atoms with Crippen molar-refractivity contribution in [3.8, 4) is 12.1 Å². The second-order valence-electron chi connectivity index (χ2n) is 2.87. The van der Waals surface area contributed by atoms with Crippen molar-refractivity contribution < 1.29 is 4.74 Å². The van der Waals surface area contributed by atoms with Gasteiger partial charge in [0.1, 0.15) is 5.76 Å². The van der Waals surface area contributed by atoms with E-state index in [4.69, 9.17) is 15.3 Å². The molecule has 0 aliphatic heterocycles. The molecular formula is C9H10N2O. The van der Waals surface area contributed by atoms with E-state index in [0.717, 1.165) is 12.8 Å². The number of ether oxygens (including phenoxy) is 1. The number of rotatable bonds is 2. The Morgan fingerprint density at radius 1 is 1.50 bits per heavy atom. The highest BCUT2D eigenvalue weighted by atomic mass is 16.5. The van der Waals surface area contributed by atoms with Crippen LogP contribution in [-0.2, 0) is 4.74 Å². The predicted molar refractivity (Wildman–Crippen MR) is 42.5 cm³/mol. The Morgan fingerprint density at radius 2 is 2.17 bits per heavy atom. The van der Waals surface area contributed by atoms with E-state index in [-0.39, 0.29) is 5.92 Å². The molecule has 1 aliphatic rings. The third-order valence-electron chi connectivity index (χ3n) is 2.17. The van der Waals surface area contributed by atoms with Gasteiger partial charge in [0.25, 0.3) is 0 Å². The molecule has 1 fully saturated rings. The smallest absolute Gasteiger partial charge is 0.109 e. The van der Waals surface area contributed by atoms with Crippen molar-refractivity contribution >= 4 is 0 Å². The minimum Gasteiger partial charge on any atom is -0.500 e. The Bertz CT molecular complexity index is 263. The highest BCUT2D eigenvalue weighted by Gasteiger charge is 2.32. The zero-order valence-corrected chi connectivity index (χ0v) is 6.95. The van der Waals surface area contributed by atoms with Crippen molar-refractivity contribution in [1.29, 1.82) is 10.5 Å². The fourth-order valence-corrected chi connectivity index (χ4v) is 1.36. The van der Waals surface area contributed by atoms with Gasteiger partial charge in [-0.3, -0.25) is 0 Å². The van der Waals surface area contributed by atoms with E-state index in [2.05, 4.69) is 6.07 Å². The topological polar surface area (TPSA) is 56.8 Å². The molecular weight excluding hydrogens is 152 g/mol. The van der Waals surface area contributed by atoms with E-state index in [9.17, 15) is 0 Å². The molecule has 0 atom stereocenters. The SMILES string of the molecule is COC(=CC#N)C1CC(C#N)C1. The van der Waals surface area contributed by atoms with Crippen LogP contribution >= 0.6 is 0 Å². The normalized spacial score (nSPS) is 28.1. The fourth-order valence-electron chi connectivity index (χ4n) is 1.36. The molecule has 0 heterocycles. The van der Waals surface area contributed by atoms with Gasteiger partial charge in [-0.1, -0.05) is 0 Å². The predicted octanol–water partition coefficient (Wildman–Crippen LogP) is 1.59. The third kappa shape index (κ3) is 1.57. The molecule has 0 aromatic rings. The lowest BCUT2D eigenvalue weighted by Crippen LogP contribution is -2.24. The second-order valence-corrected chi connectivity index (χ2v) is 2.87. The van der Waals surface area contributed by atoms with Crippen LogP contribution in [0.5, 0.6) is 0 Å². The zero-order valence-electron chi connectivity index (χ0n) is 6.95. The van der Waals surface area contributed by atoms with E-state index in [1.165, 1.54) is 6.08 Å². The maximum Gasteiger partial charge on any atom is 0.109 e. The molecule has 0 N–H and O–H groups in total. The Labute approximate surface area is 71.9 Å². The molecule has 12 heavy (non-hydrogen) atoms. The monoisotopic (exact) mass is 162 g/mol. The highest BCUT2D eigenvalue weighted by molar-refractivity contribution is 5.15. The van der Waals surface area contributed by atoms with Crippen molar-refractivity contribution in [1.82, 2.24) is 0 Å². The molecule has 0 aromatic carbocycles. The summed E-state index contributed by atoms with van der Waals surface area (Å²) in [6.45, 7) is 0. The van der Waals surface area contributed by atoms with Gasteiger partial charge in [-0.2, -0.15) is 10.5 Å². The van der Waals surface area contributed by atoms with Gasteiger partial charge in [0.15, 0.2) is 0 Å². The molecule has 0 saturated heterocycles. The van der Waals surface area contributed by atoms with E-state index < -0.39 is 0 Å². The van der Waals surface area contributed by atoms with Crippen molar-refractivity contribution in [3.05, 3.63) is 11.8 Å². The van der Waals surface area contributed by atoms with Crippen LogP contribution in [-0.4, -0.2) is 7.11 Å². The Morgan fingerprint density at radius 3 is 2.58 bits per heavy atom. The van der Waals surface area contributed by atoms with Crippen LogP contribution in [0.4, 0.5) is 0 Å². The van der Waals surface area contributed by atoms with Crippen molar-refractivity contribution in [3.63, 3.8) is 0 Å². The van der Waals surface area contributed by atoms with Crippen LogP contribution in [0, 0.1) is 34.5 Å². The number of allylic oxidation sites excluding steroid dienone is 2. The highest BCUT2D eigenvalue weighted by Crippen LogP contribution is 2.38. The lowest BCUT2D eigenvalue weighted by Gasteiger charge is -2.31. The molecule has 3 nitrogen and oxygen atoms in total. The number of methoxy groups -OCH3 is 1. The first-order valence-corrected chi connectivity index (χ1v) is 3.85. The molecule has 0 radical (unpaired) electrons. The van der Waals surface area contributed by atoms with Crippen LogP contribution in [0.15, 0.2) is 11.8 Å². The first-order chi connectivity index (χ1) is 5.81. The summed E-state index contributed by atoms with van der Waals surface area (Å²) in [5.41, 5.74) is 0. The van der Waals surface area contributed by atoms with Crippen molar-refractivity contribution in [2.24, 2.45) is 11.8 Å². The Balaban J connectivity index is 2.47. The average molecular weight is 162 g/mol. The minimum absolute atomic E-state index is 0.159. The van der Waals surface area contributed by atoms with Gasteiger partial charge in [0.05, 0.1) is 25.3 Å². The van der Waals surface area contributed by atoms with Crippen molar-refractivity contribution in [2.45, 2.75) is 12.8 Å². The molecule has 1 saturated carbocycles. The summed E-state index contributed by atoms with van der Waals surface area (Å²) in [7, 11) is 1.56. The van der Waals surface area contributed by atoms with Gasteiger partial charge in [-0.05, 0) is 12.8 Å². The molecule has 1 aliphatic carbocycles. The summed E-state index contributed by atoms with van der Waals surface area (Å²) < 4.78 is 5.02. The molecule has 0 bridgehead atoms. The summed E-state index contributed by atoms with van der Waals surface area (Å²) in [5, 5.41) is 16.9. The van der Waals surface area contributed by atoms with E-state index in [1.54, 1.807) is 7.11 Å². The number of hydrogen-bond acceptors (Lipinski definition) is 3. The maximum atomic E-state index is 8.51. The van der Waals surface area contributed by atoms with E-state index in [1.807, 2.05) is 6.07 Å². The lowest BCUT2D eigenvalue weighted by molar-refractivity contribution is 0.166. The number of hydrogen-bond donors (Lipinski definition) is 0. The largest absolute Gasteiger partial charge is 0.500 e. The molecule has 0 amide bonds. The van der Waals surface area contributed by atoms with Gasteiger partial charge in [0, 0.05) is 11.8 Å². The second kappa shape index (κ2) is 3.78. The van der Waals surface area contributed by atoms with E-state index >= 15 is 0 Å². The summed E-state index contributed by atoms with van der Waals surface area (Å²) in [6, 6.07) is 4.12. The van der Waals surface area contributed by atoms with Gasteiger partial charge in [-0.25, -0.2) is 0 Å². The molecule has 3 heteroatoms. The van der Waals surface area contributed by atoms with Crippen LogP contribution in [0.3, 0.4) is 0 Å². The van der Waals surface area contributed by atoms with Gasteiger partial charge in [-0.15, -0.1) is 0 Å². The number of nitrogens with zero attached hydrogens (tertiary/aromatic N) is 2. The lowest BCUT2D eigenvalue weighted by atomic mass is 9.74. The average Bonchev–Trinajstić information content (AvgIpc) is 2.01. The summed E-state index contributed by atoms with van der Waals surface area (Å²) in [5.74, 6) is 1.16. The summed E-state index contributed by atoms with van der Waals surface area (Å²) in [6.07, 6.45) is 3.08. The zero-order chi connectivity index (χ0) is 8.97. The van der Waals surface area contributed by atoms with Crippen LogP contribution in [0.25, 0.3) is 0 Å². The summed E-state index contributed by atoms with van der Waals surface area (Å²) in [4.78, 5) is 0. The van der Waals surface area contributed by atoms with Crippen LogP contribution in [0.1, 0.15) is 12.8 Å². The number of nitriles is 2. The third-order valence-corrected chi connectivity index (χ3v) is 2.17. The molecule has 1 rings (SSSR count). The van der Waals surface area contributed by atoms with Gasteiger partial charge < -0.3 is 4.74 Å². The fraction of sp³-hybridized carbons (Fsp3) is 0.556. The molecule has 0 spiro atoms. The van der Waals surface area contributed by atoms with Crippen LogP contribution < -0.4 is 0 Å². The Kier molecular flexibility index (Phi) is 2.71. The first kappa shape index (κ1) is 8.62. The standard InChI is InChI=1S/C9H10N2O/c1-12-9(2-3-10)8-4-7(5-8)6-11/h2,7-8H,4-5H2,1H3. The Hall–Kier alpha value is -1.48. The van der Waals surface area contributed by atoms with Gasteiger partial charge >= 0.3 is 0 Å². The van der Waals surface area contributed by atoms with Crippen molar-refractivity contribution in [2.75, 3.05) is 7.11 Å². The van der Waals surface area contributed by atoms with E-state index in [0.29, 0.717) is 11.7 Å². The molecule has 62 valence electrons. The van der Waals surface area contributed by atoms with Crippen LogP contribution in [0.2, 0.25) is 0 Å². The molecule has 0 aromatic heterocycles. The quantitative estimate of drug-likeness (QED) is 0.457. The van der Waals surface area contributed by atoms with Gasteiger partial charge in [0.2, 0.25) is 0 Å². The minimum atomic E-state index is 0.159.